The summed E-state index contributed by atoms with van der Waals surface area (Å²) in [6.45, 7) is 12.4. The Labute approximate surface area is 247 Å². The summed E-state index contributed by atoms with van der Waals surface area (Å²) in [6.07, 6.45) is 9.88. The third-order valence-electron chi connectivity index (χ3n) is 4.84. The predicted molar refractivity (Wildman–Crippen MR) is 131 cm³/mol. The van der Waals surface area contributed by atoms with Crippen molar-refractivity contribution >= 4 is 36.0 Å². The summed E-state index contributed by atoms with van der Waals surface area (Å²) >= 11 is 0. The first-order valence-electron chi connectivity index (χ1n) is 11.0. The first kappa shape index (κ1) is 35.2. The number of allylic oxidation sites excluding steroid dienone is 2. The second-order valence-electron chi connectivity index (χ2n) is 7.48. The van der Waals surface area contributed by atoms with Crippen LogP contribution in [0.5, 0.6) is 5.88 Å². The zero-order valence-corrected chi connectivity index (χ0v) is 21.9. The van der Waals surface area contributed by atoms with Crippen molar-refractivity contribution in [1.29, 1.82) is 0 Å². The maximum atomic E-state index is 11.8. The molecule has 0 unspecified atom stereocenters. The molecule has 0 bridgehead atoms. The number of nitrogens with zero attached hydrogens (tertiary/aromatic N) is 4. The third kappa shape index (κ3) is 11.3. The maximum Gasteiger partial charge on any atom is 1.00 e. The van der Waals surface area contributed by atoms with Crippen LogP contribution in [0.3, 0.4) is 0 Å². The van der Waals surface area contributed by atoms with Gasteiger partial charge in [0.2, 0.25) is 5.91 Å². The molecular weight excluding hydrogens is 480 g/mol. The molecule has 2 atom stereocenters. The number of nitrogens with one attached hydrogen (secondary N) is 1. The molecule has 2 amide bonds. The number of amides is 2. The molecule has 13 heteroatoms. The molecule has 0 aromatic carbocycles. The monoisotopic (exact) mass is 507 g/mol. The summed E-state index contributed by atoms with van der Waals surface area (Å²) in [6, 6.07) is 2.51. The first-order valence-corrected chi connectivity index (χ1v) is 11.0. The first-order chi connectivity index (χ1) is 17.3. The summed E-state index contributed by atoms with van der Waals surface area (Å²) in [5, 5.41) is 11.8. The molecule has 2 heterocycles. The molecule has 1 aliphatic heterocycles. The van der Waals surface area contributed by atoms with Crippen molar-refractivity contribution in [2.45, 2.75) is 37.5 Å². The molecule has 1 aliphatic carbocycles. The van der Waals surface area contributed by atoms with E-state index in [1.54, 1.807) is 18.3 Å². The molecular formula is C25H27Li2N5O6-4. The summed E-state index contributed by atoms with van der Waals surface area (Å²) in [4.78, 5) is 42.9. The van der Waals surface area contributed by atoms with Gasteiger partial charge < -0.3 is 67.5 Å². The van der Waals surface area contributed by atoms with Crippen molar-refractivity contribution in [1.82, 2.24) is 15.2 Å². The Kier molecular flexibility index (Phi) is 17.1. The van der Waals surface area contributed by atoms with E-state index in [1.807, 2.05) is 0 Å². The van der Waals surface area contributed by atoms with Gasteiger partial charge in [0, 0.05) is 12.2 Å². The Morgan fingerprint density at radius 1 is 1.39 bits per heavy atom. The number of pyridine rings is 1. The second kappa shape index (κ2) is 18.4. The van der Waals surface area contributed by atoms with Gasteiger partial charge in [0.05, 0.1) is 26.2 Å². The van der Waals surface area contributed by atoms with Crippen molar-refractivity contribution in [3.05, 3.63) is 62.0 Å². The van der Waals surface area contributed by atoms with Crippen LogP contribution >= 0.6 is 0 Å². The molecule has 1 aromatic rings. The number of carbonyl (C=O) groups excluding carboxylic acids is 3. The quantitative estimate of drug-likeness (QED) is 0.147. The van der Waals surface area contributed by atoms with Gasteiger partial charge in [-0.2, -0.15) is 12.4 Å². The molecule has 3 rings (SSSR count). The van der Waals surface area contributed by atoms with E-state index in [-0.39, 0.29) is 69.2 Å². The minimum atomic E-state index is -1.02. The van der Waals surface area contributed by atoms with E-state index in [0.29, 0.717) is 17.0 Å². The van der Waals surface area contributed by atoms with Crippen molar-refractivity contribution in [2.24, 2.45) is 4.99 Å². The van der Waals surface area contributed by atoms with Crippen LogP contribution < -0.4 is 47.8 Å². The fourth-order valence-electron chi connectivity index (χ4n) is 2.83. The van der Waals surface area contributed by atoms with Crippen LogP contribution in [0.2, 0.25) is 0 Å². The van der Waals surface area contributed by atoms with Crippen LogP contribution in [0.4, 0.5) is 4.79 Å². The van der Waals surface area contributed by atoms with Gasteiger partial charge in [0.15, 0.2) is 0 Å². The van der Waals surface area contributed by atoms with E-state index in [0.717, 1.165) is 30.0 Å². The Hall–Kier alpha value is -2.83. The summed E-state index contributed by atoms with van der Waals surface area (Å²) < 4.78 is 15.2. The van der Waals surface area contributed by atoms with Crippen LogP contribution in [0.1, 0.15) is 24.8 Å². The Balaban J connectivity index is 0.000000684. The molecule has 38 heavy (non-hydrogen) atoms. The maximum absolute atomic E-state index is 11.8. The molecule has 1 aromatic heterocycles. The van der Waals surface area contributed by atoms with Crippen LogP contribution in [0.15, 0.2) is 29.4 Å². The molecule has 0 radical (unpaired) electrons. The van der Waals surface area contributed by atoms with Gasteiger partial charge in [-0.05, 0) is 12.8 Å². The van der Waals surface area contributed by atoms with E-state index >= 15 is 0 Å². The van der Waals surface area contributed by atoms with Crippen LogP contribution in [-0.4, -0.2) is 78.7 Å². The Bertz CT molecular complexity index is 1020. The average Bonchev–Trinajstić information content (AvgIpc) is 3.61. The summed E-state index contributed by atoms with van der Waals surface area (Å²) in [5.41, 5.74) is 1.00. The zero-order valence-electron chi connectivity index (χ0n) is 21.9. The Morgan fingerprint density at radius 2 is 2.11 bits per heavy atom. The van der Waals surface area contributed by atoms with Crippen molar-refractivity contribution < 1.29 is 66.3 Å². The van der Waals surface area contributed by atoms with E-state index in [4.69, 9.17) is 16.1 Å². The fourth-order valence-corrected chi connectivity index (χ4v) is 2.83. The number of rotatable bonds is 10. The van der Waals surface area contributed by atoms with E-state index in [2.05, 4.69) is 46.3 Å². The molecule has 2 aliphatic rings. The minimum absolute atomic E-state index is 0. The van der Waals surface area contributed by atoms with Crippen LogP contribution in [0.25, 0.3) is 11.0 Å². The second-order valence-corrected chi connectivity index (χ2v) is 7.48. The van der Waals surface area contributed by atoms with Crippen molar-refractivity contribution in [3.63, 3.8) is 0 Å². The van der Waals surface area contributed by atoms with Gasteiger partial charge in [-0.3, -0.25) is 15.2 Å². The van der Waals surface area contributed by atoms with Gasteiger partial charge in [-0.15, -0.1) is 18.2 Å². The van der Waals surface area contributed by atoms with Crippen molar-refractivity contribution in [3.8, 4) is 5.88 Å². The normalized spacial score (nSPS) is 16.9. The van der Waals surface area contributed by atoms with Crippen LogP contribution in [0, 0.1) is 26.6 Å². The van der Waals surface area contributed by atoms with Gasteiger partial charge in [0.1, 0.15) is 12.0 Å². The van der Waals surface area contributed by atoms with Gasteiger partial charge in [0.25, 0.3) is 5.97 Å². The molecule has 1 N–H and O–H groups in total. The third-order valence-corrected chi connectivity index (χ3v) is 4.84. The molecule has 11 nitrogen and oxygen atoms in total. The van der Waals surface area contributed by atoms with Crippen molar-refractivity contribution in [2.75, 3.05) is 20.2 Å². The van der Waals surface area contributed by atoms with Gasteiger partial charge in [-0.1, -0.05) is 6.07 Å². The molecule has 1 saturated heterocycles. The van der Waals surface area contributed by atoms with E-state index < -0.39 is 24.2 Å². The van der Waals surface area contributed by atoms with E-state index in [9.17, 15) is 19.8 Å². The number of ether oxygens (including phenoxy) is 3. The van der Waals surface area contributed by atoms with Gasteiger partial charge >= 0.3 is 43.8 Å². The fraction of sp³-hybridized carbons (Fsp3) is 0.360. The van der Waals surface area contributed by atoms with Gasteiger partial charge in [-0.25, -0.2) is 9.78 Å². The largest absolute Gasteiger partial charge is 1.00 e. The molecule has 194 valence electrons. The minimum Gasteiger partial charge on any atom is -0.911 e. The number of aromatic nitrogens is 1. The zero-order chi connectivity index (χ0) is 26.5. The number of aliphatic imine (C=N–C) groups is 1. The smallest absolute Gasteiger partial charge is 0.911 e. The number of hydrogen-bond donors (Lipinski definition) is 1. The average molecular weight is 507 g/mol. The number of hydrogen-bond acceptors (Lipinski definition) is 8. The molecule has 2 fully saturated rings. The van der Waals surface area contributed by atoms with Crippen LogP contribution in [-0.2, 0) is 19.1 Å². The SMILES string of the molecule is [CH-]=C[C-]=N[C-]=C(C=[N-])c1cccnc1OC1CC1.[CH2-]CN(C(=O)O[C@@H]1CNC(=O)C1)[C@@H]([CH2-])C(=O)OC.[Li+].[Li+]. The molecule has 1 saturated carbocycles. The topological polar surface area (TPSA) is 142 Å². The number of esters is 1. The molecule has 0 spiro atoms. The number of methoxy groups -OCH3 is 1. The standard InChI is InChI=1S/C14H11N3O.C11H16N2O5.2Li/c1-2-7-16-10-11(9-15)13-4-3-8-17-14(13)18-12-5-6-12;1-4-13(7(2)10(15)17-3)11(16)18-8-5-9(14)12-6-8;;/h1-4,8-9,12H,5-6H2;7-8H,1-2,4-6H2,3H3,(H,12,14);;/q-4;-2;2*+1/t;7-,8-;;/m.0../s1. The Morgan fingerprint density at radius 3 is 2.63 bits per heavy atom. The number of carbonyl (C=O) groups is 3. The van der Waals surface area contributed by atoms with E-state index in [1.165, 1.54) is 7.11 Å². The summed E-state index contributed by atoms with van der Waals surface area (Å²) in [7, 11) is 1.20. The summed E-state index contributed by atoms with van der Waals surface area (Å²) in [5.74, 6) is -0.357. The predicted octanol–water partition coefficient (Wildman–Crippen LogP) is -4.12.